The zero-order valence-electron chi connectivity index (χ0n) is 11.1. The second-order valence-electron chi connectivity index (χ2n) is 3.97. The van der Waals surface area contributed by atoms with E-state index in [1.165, 1.54) is 0 Å². The summed E-state index contributed by atoms with van der Waals surface area (Å²) in [6, 6.07) is 0. The summed E-state index contributed by atoms with van der Waals surface area (Å²) in [4.78, 5) is 0. The lowest BCUT2D eigenvalue weighted by molar-refractivity contribution is 0.0740. The van der Waals surface area contributed by atoms with Crippen LogP contribution in [-0.4, -0.2) is 25.5 Å². The Morgan fingerprint density at radius 3 is 2.41 bits per heavy atom. The molecule has 0 aromatic heterocycles. The topological polar surface area (TPSA) is 27.3 Å². The lowest BCUT2D eigenvalue weighted by Gasteiger charge is -2.22. The third-order valence-electron chi connectivity index (χ3n) is 2.72. The van der Waals surface area contributed by atoms with Gasteiger partial charge in [-0.05, 0) is 19.8 Å². The van der Waals surface area contributed by atoms with E-state index in [4.69, 9.17) is 0 Å². The van der Waals surface area contributed by atoms with Crippen LogP contribution < -0.4 is 10.7 Å². The van der Waals surface area contributed by atoms with E-state index in [2.05, 4.69) is 17.3 Å². The Bertz CT molecular complexity index is 264. The van der Waals surface area contributed by atoms with Crippen molar-refractivity contribution in [3.05, 3.63) is 24.2 Å². The highest BCUT2D eigenvalue weighted by atomic mass is 19.3. The molecule has 0 rings (SSSR count). The SMILES string of the molecule is C=CN(C)N/C(C)=C(\CC(CC)C(F)F)NC. The second-order valence-corrected chi connectivity index (χ2v) is 3.97. The molecule has 0 aliphatic carbocycles. The number of alkyl halides is 2. The van der Waals surface area contributed by atoms with E-state index in [-0.39, 0.29) is 0 Å². The molecular formula is C12H23F2N3. The van der Waals surface area contributed by atoms with Crippen LogP contribution in [0.1, 0.15) is 26.7 Å². The van der Waals surface area contributed by atoms with Crippen molar-refractivity contribution in [2.75, 3.05) is 14.1 Å². The number of allylic oxidation sites excluding steroid dienone is 2. The Morgan fingerprint density at radius 1 is 1.47 bits per heavy atom. The number of hydrazine groups is 1. The van der Waals surface area contributed by atoms with Gasteiger partial charge in [0.25, 0.3) is 0 Å². The summed E-state index contributed by atoms with van der Waals surface area (Å²) in [7, 11) is 3.54. The van der Waals surface area contributed by atoms with E-state index < -0.39 is 12.3 Å². The first-order chi connectivity index (χ1) is 7.96. The van der Waals surface area contributed by atoms with Crippen LogP contribution in [0.25, 0.3) is 0 Å². The fourth-order valence-corrected chi connectivity index (χ4v) is 1.49. The standard InChI is InChI=1S/C12H23F2N3/c1-6-10(12(13)14)8-11(15-4)9(3)16-17(5)7-2/h7,10,12,15-16H,2,6,8H2,1,3-5H3/b11-9+. The number of hydrogen-bond donors (Lipinski definition) is 2. The summed E-state index contributed by atoms with van der Waals surface area (Å²) in [6.07, 6.45) is 0.136. The summed E-state index contributed by atoms with van der Waals surface area (Å²) in [6.45, 7) is 7.24. The van der Waals surface area contributed by atoms with Crippen LogP contribution >= 0.6 is 0 Å². The molecule has 1 atom stereocenters. The maximum atomic E-state index is 12.7. The number of nitrogens with one attached hydrogen (secondary N) is 2. The number of hydrogen-bond acceptors (Lipinski definition) is 3. The van der Waals surface area contributed by atoms with E-state index >= 15 is 0 Å². The molecule has 0 aromatic rings. The van der Waals surface area contributed by atoms with E-state index in [1.54, 1.807) is 32.2 Å². The van der Waals surface area contributed by atoms with Gasteiger partial charge in [-0.1, -0.05) is 13.5 Å². The maximum Gasteiger partial charge on any atom is 0.241 e. The van der Waals surface area contributed by atoms with Gasteiger partial charge in [-0.25, -0.2) is 8.78 Å². The van der Waals surface area contributed by atoms with Crippen molar-refractivity contribution < 1.29 is 8.78 Å². The molecular weight excluding hydrogens is 224 g/mol. The molecule has 0 bridgehead atoms. The summed E-state index contributed by atoms with van der Waals surface area (Å²) >= 11 is 0. The average Bonchev–Trinajstić information content (AvgIpc) is 2.29. The van der Waals surface area contributed by atoms with Gasteiger partial charge in [0.05, 0.1) is 0 Å². The lowest BCUT2D eigenvalue weighted by Crippen LogP contribution is -2.31. The van der Waals surface area contributed by atoms with E-state index in [1.807, 2.05) is 6.92 Å². The Hall–Kier alpha value is -1.26. The third kappa shape index (κ3) is 5.56. The van der Waals surface area contributed by atoms with Crippen LogP contribution in [0.3, 0.4) is 0 Å². The van der Waals surface area contributed by atoms with Gasteiger partial charge >= 0.3 is 0 Å². The van der Waals surface area contributed by atoms with Crippen molar-refractivity contribution in [2.24, 2.45) is 5.92 Å². The molecule has 0 saturated heterocycles. The quantitative estimate of drug-likeness (QED) is 0.646. The zero-order valence-corrected chi connectivity index (χ0v) is 11.1. The van der Waals surface area contributed by atoms with Crippen LogP contribution in [-0.2, 0) is 0 Å². The fraction of sp³-hybridized carbons (Fsp3) is 0.667. The van der Waals surface area contributed by atoms with Crippen LogP contribution in [0.15, 0.2) is 24.2 Å². The van der Waals surface area contributed by atoms with Gasteiger partial charge in [-0.2, -0.15) is 0 Å². The van der Waals surface area contributed by atoms with Gasteiger partial charge in [-0.3, -0.25) is 5.01 Å². The molecule has 100 valence electrons. The van der Waals surface area contributed by atoms with Gasteiger partial charge in [0.15, 0.2) is 0 Å². The Kier molecular flexibility index (Phi) is 7.34. The minimum atomic E-state index is -2.28. The summed E-state index contributed by atoms with van der Waals surface area (Å²) in [5.74, 6) is -0.608. The Labute approximate surface area is 103 Å². The van der Waals surface area contributed by atoms with Crippen LogP contribution in [0.2, 0.25) is 0 Å². The zero-order chi connectivity index (χ0) is 13.4. The van der Waals surface area contributed by atoms with Crippen LogP contribution in [0, 0.1) is 5.92 Å². The van der Waals surface area contributed by atoms with Crippen LogP contribution in [0.5, 0.6) is 0 Å². The number of halogens is 2. The number of rotatable bonds is 8. The minimum absolute atomic E-state index is 0.342. The second kappa shape index (κ2) is 7.92. The average molecular weight is 247 g/mol. The van der Waals surface area contributed by atoms with Crippen molar-refractivity contribution >= 4 is 0 Å². The molecule has 1 unspecified atom stereocenters. The molecule has 0 radical (unpaired) electrons. The molecule has 0 heterocycles. The highest BCUT2D eigenvalue weighted by molar-refractivity contribution is 5.09. The normalized spacial score (nSPS) is 14.1. The molecule has 0 aromatic carbocycles. The van der Waals surface area contributed by atoms with E-state index in [9.17, 15) is 8.78 Å². The molecule has 0 amide bonds. The first kappa shape index (κ1) is 15.7. The predicted molar refractivity (Wildman–Crippen MR) is 67.3 cm³/mol. The molecule has 0 aliphatic rings. The Morgan fingerprint density at radius 2 is 2.06 bits per heavy atom. The highest BCUT2D eigenvalue weighted by Crippen LogP contribution is 2.22. The molecule has 2 N–H and O–H groups in total. The van der Waals surface area contributed by atoms with Crippen molar-refractivity contribution in [3.8, 4) is 0 Å². The monoisotopic (exact) mass is 247 g/mol. The third-order valence-corrected chi connectivity index (χ3v) is 2.72. The molecule has 5 heteroatoms. The van der Waals surface area contributed by atoms with Gasteiger partial charge in [0.1, 0.15) is 0 Å². The number of nitrogens with zero attached hydrogens (tertiary/aromatic N) is 1. The van der Waals surface area contributed by atoms with Gasteiger partial charge in [0, 0.05) is 37.6 Å². The molecule has 0 saturated carbocycles. The summed E-state index contributed by atoms with van der Waals surface area (Å²) in [5.41, 5.74) is 4.66. The predicted octanol–water partition coefficient (Wildman–Crippen LogP) is 2.70. The van der Waals surface area contributed by atoms with E-state index in [0.29, 0.717) is 12.8 Å². The van der Waals surface area contributed by atoms with Crippen molar-refractivity contribution in [1.29, 1.82) is 0 Å². The van der Waals surface area contributed by atoms with Gasteiger partial charge in [0.2, 0.25) is 6.43 Å². The molecule has 0 spiro atoms. The molecule has 3 nitrogen and oxygen atoms in total. The smallest absolute Gasteiger partial charge is 0.241 e. The van der Waals surface area contributed by atoms with Crippen molar-refractivity contribution in [3.63, 3.8) is 0 Å². The van der Waals surface area contributed by atoms with Crippen molar-refractivity contribution in [1.82, 2.24) is 15.8 Å². The summed E-state index contributed by atoms with van der Waals surface area (Å²) in [5, 5.41) is 4.65. The molecule has 17 heavy (non-hydrogen) atoms. The largest absolute Gasteiger partial charge is 0.390 e. The van der Waals surface area contributed by atoms with Crippen molar-refractivity contribution in [2.45, 2.75) is 33.1 Å². The van der Waals surface area contributed by atoms with Gasteiger partial charge in [-0.15, -0.1) is 0 Å². The molecule has 0 fully saturated rings. The van der Waals surface area contributed by atoms with Crippen LogP contribution in [0.4, 0.5) is 8.78 Å². The highest BCUT2D eigenvalue weighted by Gasteiger charge is 2.20. The first-order valence-electron chi connectivity index (χ1n) is 5.73. The lowest BCUT2D eigenvalue weighted by atomic mass is 10.00. The maximum absolute atomic E-state index is 12.7. The molecule has 0 aliphatic heterocycles. The first-order valence-corrected chi connectivity index (χ1v) is 5.73. The Balaban J connectivity index is 4.67. The fourth-order valence-electron chi connectivity index (χ4n) is 1.49. The van der Waals surface area contributed by atoms with Gasteiger partial charge < -0.3 is 10.7 Å². The van der Waals surface area contributed by atoms with E-state index in [0.717, 1.165) is 11.4 Å². The minimum Gasteiger partial charge on any atom is -0.390 e. The summed E-state index contributed by atoms with van der Waals surface area (Å²) < 4.78 is 25.4.